The summed E-state index contributed by atoms with van der Waals surface area (Å²) in [5.41, 5.74) is -0.246. The van der Waals surface area contributed by atoms with Gasteiger partial charge < -0.3 is 10.4 Å². The van der Waals surface area contributed by atoms with Crippen molar-refractivity contribution in [3.8, 4) is 0 Å². The Morgan fingerprint density at radius 1 is 1.50 bits per heavy atom. The number of halogens is 1. The quantitative estimate of drug-likeness (QED) is 0.837. The van der Waals surface area contributed by atoms with Gasteiger partial charge in [0, 0.05) is 5.56 Å². The number of aliphatic hydroxyl groups is 1. The fraction of sp³-hybridized carbons (Fsp3) is 0.500. The molecule has 0 unspecified atom stereocenters. The zero-order valence-corrected chi connectivity index (χ0v) is 10.4. The first-order valence-corrected chi connectivity index (χ1v) is 6.31. The molecule has 1 aromatic carbocycles. The summed E-state index contributed by atoms with van der Waals surface area (Å²) < 4.78 is 13.8. The monoisotopic (exact) mass is 251 g/mol. The number of carbonyl (C=O) groups excluding carboxylic acids is 1. The number of aliphatic hydroxyl groups excluding tert-OH is 1. The molecular weight excluding hydrogens is 233 g/mol. The van der Waals surface area contributed by atoms with Crippen molar-refractivity contribution in [2.24, 2.45) is 0 Å². The van der Waals surface area contributed by atoms with E-state index in [2.05, 4.69) is 5.32 Å². The van der Waals surface area contributed by atoms with Crippen LogP contribution >= 0.6 is 0 Å². The van der Waals surface area contributed by atoms with Gasteiger partial charge in [-0.1, -0.05) is 25.1 Å². The summed E-state index contributed by atoms with van der Waals surface area (Å²) in [5, 5.41) is 11.9. The van der Waals surface area contributed by atoms with Gasteiger partial charge in [0.1, 0.15) is 5.82 Å². The van der Waals surface area contributed by atoms with Gasteiger partial charge in [-0.2, -0.15) is 0 Å². The maximum atomic E-state index is 13.8. The highest BCUT2D eigenvalue weighted by Crippen LogP contribution is 2.49. The molecule has 1 atom stereocenters. The molecule has 1 aliphatic carbocycles. The molecule has 1 amide bonds. The maximum Gasteiger partial charge on any atom is 0.231 e. The van der Waals surface area contributed by atoms with Crippen LogP contribution in [0.25, 0.3) is 0 Å². The predicted octanol–water partition coefficient (Wildman–Crippen LogP) is 1.74. The number of hydrogen-bond donors (Lipinski definition) is 2. The van der Waals surface area contributed by atoms with Crippen LogP contribution in [0.4, 0.5) is 4.39 Å². The summed E-state index contributed by atoms with van der Waals surface area (Å²) in [6.07, 6.45) is 2.00. The topological polar surface area (TPSA) is 49.3 Å². The number of amides is 1. The van der Waals surface area contributed by atoms with Gasteiger partial charge >= 0.3 is 0 Å². The smallest absolute Gasteiger partial charge is 0.231 e. The number of carbonyl (C=O) groups is 1. The van der Waals surface area contributed by atoms with E-state index in [1.165, 1.54) is 6.07 Å². The number of rotatable bonds is 5. The molecule has 2 rings (SSSR count). The Morgan fingerprint density at radius 3 is 2.67 bits per heavy atom. The van der Waals surface area contributed by atoms with E-state index >= 15 is 0 Å². The van der Waals surface area contributed by atoms with E-state index in [9.17, 15) is 9.18 Å². The lowest BCUT2D eigenvalue weighted by Crippen LogP contribution is -2.43. The standard InChI is InChI=1S/C14H18FNO2/c1-2-10(9-17)16-13(18)14(7-8-14)11-5-3-4-6-12(11)15/h3-6,10,17H,2,7-9H2,1H3,(H,16,18)/t10-/m0/s1. The summed E-state index contributed by atoms with van der Waals surface area (Å²) >= 11 is 0. The number of nitrogens with one attached hydrogen (secondary N) is 1. The van der Waals surface area contributed by atoms with Crippen LogP contribution < -0.4 is 5.32 Å². The summed E-state index contributed by atoms with van der Waals surface area (Å²) in [6.45, 7) is 1.80. The molecule has 98 valence electrons. The Labute approximate surface area is 106 Å². The average molecular weight is 251 g/mol. The predicted molar refractivity (Wildman–Crippen MR) is 66.6 cm³/mol. The summed E-state index contributed by atoms with van der Waals surface area (Å²) in [6, 6.07) is 6.17. The van der Waals surface area contributed by atoms with E-state index in [4.69, 9.17) is 5.11 Å². The molecule has 0 aliphatic heterocycles. The Balaban J connectivity index is 2.17. The normalized spacial score (nSPS) is 18.2. The molecule has 0 saturated heterocycles. The highest BCUT2D eigenvalue weighted by atomic mass is 19.1. The third-order valence-corrected chi connectivity index (χ3v) is 3.62. The molecule has 3 nitrogen and oxygen atoms in total. The van der Waals surface area contributed by atoms with Gasteiger partial charge in [0.15, 0.2) is 0 Å². The van der Waals surface area contributed by atoms with E-state index in [0.717, 1.165) is 0 Å². The van der Waals surface area contributed by atoms with Crippen LogP contribution in [0, 0.1) is 5.82 Å². The first-order valence-electron chi connectivity index (χ1n) is 6.31. The van der Waals surface area contributed by atoms with Crippen molar-refractivity contribution in [1.82, 2.24) is 5.32 Å². The summed E-state index contributed by atoms with van der Waals surface area (Å²) in [4.78, 5) is 12.2. The lowest BCUT2D eigenvalue weighted by molar-refractivity contribution is -0.124. The first-order chi connectivity index (χ1) is 8.64. The minimum atomic E-state index is -0.714. The third kappa shape index (κ3) is 2.25. The lowest BCUT2D eigenvalue weighted by Gasteiger charge is -2.20. The molecule has 1 saturated carbocycles. The molecule has 2 N–H and O–H groups in total. The highest BCUT2D eigenvalue weighted by molar-refractivity contribution is 5.91. The van der Waals surface area contributed by atoms with E-state index in [0.29, 0.717) is 24.8 Å². The van der Waals surface area contributed by atoms with Gasteiger partial charge in [0.05, 0.1) is 18.1 Å². The Morgan fingerprint density at radius 2 is 2.17 bits per heavy atom. The van der Waals surface area contributed by atoms with Gasteiger partial charge in [-0.3, -0.25) is 4.79 Å². The second-order valence-electron chi connectivity index (χ2n) is 4.82. The summed E-state index contributed by atoms with van der Waals surface area (Å²) in [5.74, 6) is -0.504. The Hall–Kier alpha value is -1.42. The van der Waals surface area contributed by atoms with E-state index in [1.54, 1.807) is 18.2 Å². The van der Waals surface area contributed by atoms with Gasteiger partial charge in [0.25, 0.3) is 0 Å². The van der Waals surface area contributed by atoms with Gasteiger partial charge in [-0.15, -0.1) is 0 Å². The molecule has 0 spiro atoms. The van der Waals surface area contributed by atoms with Gasteiger partial charge in [-0.25, -0.2) is 4.39 Å². The fourth-order valence-corrected chi connectivity index (χ4v) is 2.19. The maximum absolute atomic E-state index is 13.8. The van der Waals surface area contributed by atoms with Crippen molar-refractivity contribution >= 4 is 5.91 Å². The van der Waals surface area contributed by atoms with Crippen molar-refractivity contribution in [2.75, 3.05) is 6.61 Å². The van der Waals surface area contributed by atoms with Crippen LogP contribution in [0.3, 0.4) is 0 Å². The van der Waals surface area contributed by atoms with E-state index < -0.39 is 5.41 Å². The van der Waals surface area contributed by atoms with Crippen molar-refractivity contribution < 1.29 is 14.3 Å². The Bertz CT molecular complexity index is 439. The molecule has 1 aromatic rings. The molecular formula is C14H18FNO2. The zero-order valence-electron chi connectivity index (χ0n) is 10.4. The number of benzene rings is 1. The molecule has 0 radical (unpaired) electrons. The second kappa shape index (κ2) is 5.06. The van der Waals surface area contributed by atoms with Crippen LogP contribution in [0.5, 0.6) is 0 Å². The van der Waals surface area contributed by atoms with Crippen LogP contribution in [-0.2, 0) is 10.2 Å². The Kier molecular flexibility index (Phi) is 3.66. The van der Waals surface area contributed by atoms with Crippen LogP contribution in [0.2, 0.25) is 0 Å². The molecule has 1 aliphatic rings. The first kappa shape index (κ1) is 13.0. The SMILES string of the molecule is CC[C@@H](CO)NC(=O)C1(c2ccccc2F)CC1. The van der Waals surface area contributed by atoms with Crippen LogP contribution in [-0.4, -0.2) is 23.7 Å². The number of hydrogen-bond acceptors (Lipinski definition) is 2. The minimum absolute atomic E-state index is 0.0877. The lowest BCUT2D eigenvalue weighted by atomic mass is 9.94. The van der Waals surface area contributed by atoms with Crippen LogP contribution in [0.15, 0.2) is 24.3 Å². The summed E-state index contributed by atoms with van der Waals surface area (Å²) in [7, 11) is 0. The third-order valence-electron chi connectivity index (χ3n) is 3.62. The van der Waals surface area contributed by atoms with Crippen molar-refractivity contribution in [1.29, 1.82) is 0 Å². The van der Waals surface area contributed by atoms with Gasteiger partial charge in [-0.05, 0) is 25.3 Å². The minimum Gasteiger partial charge on any atom is -0.394 e. The molecule has 0 bridgehead atoms. The van der Waals surface area contributed by atoms with E-state index in [-0.39, 0.29) is 24.4 Å². The largest absolute Gasteiger partial charge is 0.394 e. The molecule has 4 heteroatoms. The highest BCUT2D eigenvalue weighted by Gasteiger charge is 2.52. The molecule has 18 heavy (non-hydrogen) atoms. The molecule has 1 fully saturated rings. The molecule has 0 heterocycles. The van der Waals surface area contributed by atoms with Crippen molar-refractivity contribution in [3.63, 3.8) is 0 Å². The fourth-order valence-electron chi connectivity index (χ4n) is 2.19. The van der Waals surface area contributed by atoms with Crippen molar-refractivity contribution in [2.45, 2.75) is 37.6 Å². The van der Waals surface area contributed by atoms with Gasteiger partial charge in [0.2, 0.25) is 5.91 Å². The van der Waals surface area contributed by atoms with E-state index in [1.807, 2.05) is 6.92 Å². The van der Waals surface area contributed by atoms with Crippen LogP contribution in [0.1, 0.15) is 31.7 Å². The zero-order chi connectivity index (χ0) is 13.2. The van der Waals surface area contributed by atoms with Crippen molar-refractivity contribution in [3.05, 3.63) is 35.6 Å². The molecule has 0 aromatic heterocycles. The average Bonchev–Trinajstić information content (AvgIpc) is 3.17. The second-order valence-corrected chi connectivity index (χ2v) is 4.82.